The average molecular weight is 239 g/mol. The van der Waals surface area contributed by atoms with Crippen molar-refractivity contribution in [3.05, 3.63) is 54.2 Å². The number of anilines is 1. The number of nitrogens with zero attached hydrogens (tertiary/aromatic N) is 2. The van der Waals surface area contributed by atoms with Crippen LogP contribution < -0.4 is 5.32 Å². The fourth-order valence-electron chi connectivity index (χ4n) is 1.89. The van der Waals surface area contributed by atoms with E-state index in [1.165, 1.54) is 10.8 Å². The van der Waals surface area contributed by atoms with Crippen LogP contribution in [0.15, 0.2) is 47.0 Å². The molecule has 0 aliphatic rings. The minimum Gasteiger partial charge on any atom is -0.376 e. The fourth-order valence-corrected chi connectivity index (χ4v) is 1.89. The normalized spacial score (nSPS) is 10.7. The van der Waals surface area contributed by atoms with E-state index in [2.05, 4.69) is 39.7 Å². The quantitative estimate of drug-likeness (QED) is 0.762. The molecule has 4 nitrogen and oxygen atoms in total. The predicted octanol–water partition coefficient (Wildman–Crippen LogP) is 3.14. The summed E-state index contributed by atoms with van der Waals surface area (Å²) in [4.78, 5) is 4.15. The van der Waals surface area contributed by atoms with Crippen LogP contribution in [0.2, 0.25) is 0 Å². The molecule has 90 valence electrons. The van der Waals surface area contributed by atoms with E-state index in [1.807, 2.05) is 25.1 Å². The van der Waals surface area contributed by atoms with Gasteiger partial charge in [0.05, 0.1) is 6.54 Å². The van der Waals surface area contributed by atoms with Crippen molar-refractivity contribution in [1.29, 1.82) is 0 Å². The summed E-state index contributed by atoms with van der Waals surface area (Å²) in [6, 6.07) is 14.5. The molecule has 0 radical (unpaired) electrons. The second kappa shape index (κ2) is 4.49. The van der Waals surface area contributed by atoms with E-state index in [4.69, 9.17) is 4.52 Å². The molecule has 4 heteroatoms. The fraction of sp³-hybridized carbons (Fsp3) is 0.143. The molecule has 18 heavy (non-hydrogen) atoms. The van der Waals surface area contributed by atoms with Gasteiger partial charge in [-0.15, -0.1) is 0 Å². The molecular weight excluding hydrogens is 226 g/mol. The van der Waals surface area contributed by atoms with Crippen molar-refractivity contribution in [1.82, 2.24) is 10.1 Å². The Morgan fingerprint density at radius 3 is 2.72 bits per heavy atom. The molecule has 3 aromatic rings. The van der Waals surface area contributed by atoms with Crippen molar-refractivity contribution in [2.45, 2.75) is 13.5 Å². The smallest absolute Gasteiger partial charge is 0.245 e. The van der Waals surface area contributed by atoms with E-state index >= 15 is 0 Å². The number of fused-ring (bicyclic) bond motifs is 1. The third kappa shape index (κ3) is 2.18. The van der Waals surface area contributed by atoms with Gasteiger partial charge < -0.3 is 9.84 Å². The lowest BCUT2D eigenvalue weighted by molar-refractivity contribution is 0.379. The Morgan fingerprint density at radius 1 is 1.11 bits per heavy atom. The predicted molar refractivity (Wildman–Crippen MR) is 70.3 cm³/mol. The van der Waals surface area contributed by atoms with Gasteiger partial charge >= 0.3 is 0 Å². The Labute approximate surface area is 105 Å². The molecule has 0 atom stereocenters. The Hall–Kier alpha value is -2.36. The van der Waals surface area contributed by atoms with E-state index in [0.29, 0.717) is 18.3 Å². The van der Waals surface area contributed by atoms with Gasteiger partial charge in [-0.1, -0.05) is 35.5 Å². The van der Waals surface area contributed by atoms with E-state index in [1.54, 1.807) is 0 Å². The van der Waals surface area contributed by atoms with Crippen LogP contribution in [0.3, 0.4) is 0 Å². The Balaban J connectivity index is 1.78. The molecule has 0 aliphatic heterocycles. The Kier molecular flexibility index (Phi) is 2.68. The summed E-state index contributed by atoms with van der Waals surface area (Å²) in [7, 11) is 0. The van der Waals surface area contributed by atoms with E-state index in [0.717, 1.165) is 5.69 Å². The standard InChI is InChI=1S/C14H13N3O/c1-10-16-14(18-17-10)9-15-13-7-6-11-4-2-3-5-12(11)8-13/h2-8,15H,9H2,1H3. The molecule has 0 saturated heterocycles. The van der Waals surface area contributed by atoms with Crippen molar-refractivity contribution in [3.63, 3.8) is 0 Å². The molecule has 1 heterocycles. The molecule has 1 N–H and O–H groups in total. The summed E-state index contributed by atoms with van der Waals surface area (Å²) in [6.45, 7) is 2.35. The molecule has 1 aromatic heterocycles. The van der Waals surface area contributed by atoms with Gasteiger partial charge in [-0.2, -0.15) is 4.98 Å². The second-order valence-electron chi connectivity index (χ2n) is 4.15. The molecule has 0 spiro atoms. The lowest BCUT2D eigenvalue weighted by Gasteiger charge is -2.05. The summed E-state index contributed by atoms with van der Waals surface area (Å²) in [5.74, 6) is 1.26. The van der Waals surface area contributed by atoms with E-state index < -0.39 is 0 Å². The van der Waals surface area contributed by atoms with Gasteiger partial charge in [0.15, 0.2) is 5.82 Å². The molecule has 0 aliphatic carbocycles. The number of rotatable bonds is 3. The topological polar surface area (TPSA) is 51.0 Å². The van der Waals surface area contributed by atoms with E-state index in [9.17, 15) is 0 Å². The summed E-state index contributed by atoms with van der Waals surface area (Å²) in [5, 5.41) is 9.47. The van der Waals surface area contributed by atoms with Crippen LogP contribution in [0.25, 0.3) is 10.8 Å². The zero-order chi connectivity index (χ0) is 12.4. The first kappa shape index (κ1) is 10.8. The van der Waals surface area contributed by atoms with Crippen LogP contribution in [-0.4, -0.2) is 10.1 Å². The van der Waals surface area contributed by atoms with Crippen molar-refractivity contribution >= 4 is 16.5 Å². The number of nitrogens with one attached hydrogen (secondary N) is 1. The SMILES string of the molecule is Cc1noc(CNc2ccc3ccccc3c2)n1. The van der Waals surface area contributed by atoms with Crippen LogP contribution in [0, 0.1) is 6.92 Å². The highest BCUT2D eigenvalue weighted by atomic mass is 16.5. The van der Waals surface area contributed by atoms with Crippen molar-refractivity contribution in [2.75, 3.05) is 5.32 Å². The second-order valence-corrected chi connectivity index (χ2v) is 4.15. The van der Waals surface area contributed by atoms with Crippen LogP contribution in [0.1, 0.15) is 11.7 Å². The number of hydrogen-bond acceptors (Lipinski definition) is 4. The first-order chi connectivity index (χ1) is 8.81. The van der Waals surface area contributed by atoms with Gasteiger partial charge in [0.25, 0.3) is 0 Å². The first-order valence-corrected chi connectivity index (χ1v) is 5.83. The molecule has 0 bridgehead atoms. The van der Waals surface area contributed by atoms with Crippen LogP contribution >= 0.6 is 0 Å². The molecule has 3 rings (SSSR count). The van der Waals surface area contributed by atoms with Crippen molar-refractivity contribution in [2.24, 2.45) is 0 Å². The van der Waals surface area contributed by atoms with Crippen molar-refractivity contribution in [3.8, 4) is 0 Å². The van der Waals surface area contributed by atoms with Crippen molar-refractivity contribution < 1.29 is 4.52 Å². The van der Waals surface area contributed by atoms with Gasteiger partial charge in [-0.25, -0.2) is 0 Å². The maximum Gasteiger partial charge on any atom is 0.245 e. The third-order valence-electron chi connectivity index (χ3n) is 2.76. The van der Waals surface area contributed by atoms with Gasteiger partial charge in [0.2, 0.25) is 5.89 Å². The molecule has 0 fully saturated rings. The highest BCUT2D eigenvalue weighted by Crippen LogP contribution is 2.19. The number of hydrogen-bond donors (Lipinski definition) is 1. The number of aromatic nitrogens is 2. The maximum atomic E-state index is 5.05. The Bertz CT molecular complexity index is 675. The first-order valence-electron chi connectivity index (χ1n) is 5.83. The van der Waals surface area contributed by atoms with Crippen LogP contribution in [0.5, 0.6) is 0 Å². The Morgan fingerprint density at radius 2 is 1.94 bits per heavy atom. The lowest BCUT2D eigenvalue weighted by Crippen LogP contribution is -1.99. The molecular formula is C14H13N3O. The average Bonchev–Trinajstić information content (AvgIpc) is 2.82. The van der Waals surface area contributed by atoms with Gasteiger partial charge in [-0.3, -0.25) is 0 Å². The molecule has 0 unspecified atom stereocenters. The van der Waals surface area contributed by atoms with Crippen LogP contribution in [-0.2, 0) is 6.54 Å². The summed E-state index contributed by atoms with van der Waals surface area (Å²) < 4.78 is 5.05. The van der Waals surface area contributed by atoms with Gasteiger partial charge in [-0.05, 0) is 29.8 Å². The highest BCUT2D eigenvalue weighted by molar-refractivity contribution is 5.85. The van der Waals surface area contributed by atoms with E-state index in [-0.39, 0.29) is 0 Å². The number of benzene rings is 2. The zero-order valence-electron chi connectivity index (χ0n) is 10.1. The number of aryl methyl sites for hydroxylation is 1. The molecule has 0 amide bonds. The minimum atomic E-state index is 0.541. The monoisotopic (exact) mass is 239 g/mol. The third-order valence-corrected chi connectivity index (χ3v) is 2.76. The summed E-state index contributed by atoms with van der Waals surface area (Å²) >= 11 is 0. The molecule has 0 saturated carbocycles. The maximum absolute atomic E-state index is 5.05. The summed E-state index contributed by atoms with van der Waals surface area (Å²) in [5.41, 5.74) is 1.05. The zero-order valence-corrected chi connectivity index (χ0v) is 10.1. The molecule has 2 aromatic carbocycles. The minimum absolute atomic E-state index is 0.541. The largest absolute Gasteiger partial charge is 0.376 e. The highest BCUT2D eigenvalue weighted by Gasteiger charge is 2.02. The van der Waals surface area contributed by atoms with Crippen LogP contribution in [0.4, 0.5) is 5.69 Å². The lowest BCUT2D eigenvalue weighted by atomic mass is 10.1. The van der Waals surface area contributed by atoms with Gasteiger partial charge in [0, 0.05) is 5.69 Å². The van der Waals surface area contributed by atoms with Gasteiger partial charge in [0.1, 0.15) is 0 Å². The summed E-state index contributed by atoms with van der Waals surface area (Å²) in [6.07, 6.45) is 0.